The molecule has 28 heavy (non-hydrogen) atoms. The summed E-state index contributed by atoms with van der Waals surface area (Å²) in [6.45, 7) is 2.00. The summed E-state index contributed by atoms with van der Waals surface area (Å²) < 4.78 is 1.86. The van der Waals surface area contributed by atoms with Gasteiger partial charge in [0.15, 0.2) is 0 Å². The summed E-state index contributed by atoms with van der Waals surface area (Å²) in [6, 6.07) is 18.0. The minimum atomic E-state index is -0.433. The summed E-state index contributed by atoms with van der Waals surface area (Å²) in [5.74, 6) is 0.500. The third-order valence-corrected chi connectivity index (χ3v) is 4.42. The SMILES string of the molecule is Cc1ccc2nc(C(C#N)=Cc3cccn3-c3ccc([N+](=O)[O-])cc3)[nH]c2c1. The number of benzene rings is 2. The minimum Gasteiger partial charge on any atom is -0.337 e. The number of nitriles is 1. The molecule has 2 aromatic heterocycles. The van der Waals surface area contributed by atoms with Gasteiger partial charge in [-0.05, 0) is 55.0 Å². The second-order valence-electron chi connectivity index (χ2n) is 6.35. The van der Waals surface area contributed by atoms with Crippen molar-refractivity contribution in [3.63, 3.8) is 0 Å². The van der Waals surface area contributed by atoms with Crippen molar-refractivity contribution in [3.8, 4) is 11.8 Å². The van der Waals surface area contributed by atoms with E-state index in [1.54, 1.807) is 18.2 Å². The van der Waals surface area contributed by atoms with E-state index in [0.717, 1.165) is 28.0 Å². The van der Waals surface area contributed by atoms with Gasteiger partial charge in [0, 0.05) is 29.7 Å². The second kappa shape index (κ2) is 6.85. The van der Waals surface area contributed by atoms with Crippen molar-refractivity contribution in [2.75, 3.05) is 0 Å². The smallest absolute Gasteiger partial charge is 0.269 e. The van der Waals surface area contributed by atoms with E-state index in [9.17, 15) is 15.4 Å². The number of non-ortho nitro benzene ring substituents is 1. The van der Waals surface area contributed by atoms with Gasteiger partial charge in [-0.3, -0.25) is 10.1 Å². The fraction of sp³-hybridized carbons (Fsp3) is 0.0476. The number of aryl methyl sites for hydroxylation is 1. The standard InChI is InChI=1S/C21H15N5O2/c1-14-4-9-19-20(11-14)24-21(23-19)15(13-22)12-18-3-2-10-25(18)16-5-7-17(8-6-16)26(27)28/h2-12H,1H3,(H,23,24). The molecule has 0 aliphatic rings. The molecule has 0 aliphatic carbocycles. The quantitative estimate of drug-likeness (QED) is 0.322. The summed E-state index contributed by atoms with van der Waals surface area (Å²) in [4.78, 5) is 18.1. The molecular weight excluding hydrogens is 354 g/mol. The lowest BCUT2D eigenvalue weighted by atomic mass is 10.2. The van der Waals surface area contributed by atoms with Crippen LogP contribution in [0.15, 0.2) is 60.8 Å². The lowest BCUT2D eigenvalue weighted by Gasteiger charge is -2.06. The molecule has 0 saturated heterocycles. The van der Waals surface area contributed by atoms with Crippen LogP contribution in [-0.4, -0.2) is 19.5 Å². The van der Waals surface area contributed by atoms with E-state index in [1.165, 1.54) is 12.1 Å². The molecule has 1 N–H and O–H groups in total. The van der Waals surface area contributed by atoms with Gasteiger partial charge in [0.25, 0.3) is 5.69 Å². The predicted octanol–water partition coefficient (Wildman–Crippen LogP) is 4.63. The molecule has 0 aliphatic heterocycles. The Bertz CT molecular complexity index is 1260. The van der Waals surface area contributed by atoms with Gasteiger partial charge in [-0.2, -0.15) is 5.26 Å². The molecule has 136 valence electrons. The third-order valence-electron chi connectivity index (χ3n) is 4.42. The summed E-state index contributed by atoms with van der Waals surface area (Å²) in [6.07, 6.45) is 3.58. The number of aromatic nitrogens is 3. The first-order valence-electron chi connectivity index (χ1n) is 8.56. The van der Waals surface area contributed by atoms with Crippen molar-refractivity contribution in [3.05, 3.63) is 88.0 Å². The zero-order valence-electron chi connectivity index (χ0n) is 15.0. The number of hydrogen-bond donors (Lipinski definition) is 1. The molecule has 0 unspecified atom stereocenters. The number of H-pyrrole nitrogens is 1. The first kappa shape index (κ1) is 17.2. The lowest BCUT2D eigenvalue weighted by Crippen LogP contribution is -1.96. The maximum atomic E-state index is 10.8. The molecule has 7 nitrogen and oxygen atoms in total. The third kappa shape index (κ3) is 3.15. The Morgan fingerprint density at radius 1 is 1.25 bits per heavy atom. The highest BCUT2D eigenvalue weighted by molar-refractivity contribution is 5.90. The van der Waals surface area contributed by atoms with E-state index in [-0.39, 0.29) is 5.69 Å². The van der Waals surface area contributed by atoms with Gasteiger partial charge in [0.05, 0.1) is 21.5 Å². The summed E-state index contributed by atoms with van der Waals surface area (Å²) in [5, 5.41) is 20.5. The van der Waals surface area contributed by atoms with E-state index in [2.05, 4.69) is 16.0 Å². The minimum absolute atomic E-state index is 0.0308. The number of allylic oxidation sites excluding steroid dienone is 1. The van der Waals surface area contributed by atoms with Crippen molar-refractivity contribution in [1.29, 1.82) is 5.26 Å². The van der Waals surface area contributed by atoms with Gasteiger partial charge in [0.2, 0.25) is 0 Å². The molecule has 0 radical (unpaired) electrons. The van der Waals surface area contributed by atoms with Gasteiger partial charge >= 0.3 is 0 Å². The molecular formula is C21H15N5O2. The highest BCUT2D eigenvalue weighted by Crippen LogP contribution is 2.23. The number of nitrogens with one attached hydrogen (secondary N) is 1. The van der Waals surface area contributed by atoms with E-state index in [1.807, 2.05) is 48.0 Å². The van der Waals surface area contributed by atoms with Crippen LogP contribution in [0.25, 0.3) is 28.4 Å². The molecule has 0 bridgehead atoms. The van der Waals surface area contributed by atoms with Gasteiger partial charge in [-0.15, -0.1) is 0 Å². The van der Waals surface area contributed by atoms with Crippen LogP contribution in [0.5, 0.6) is 0 Å². The molecule has 7 heteroatoms. The van der Waals surface area contributed by atoms with Crippen LogP contribution < -0.4 is 0 Å². The molecule has 0 atom stereocenters. The van der Waals surface area contributed by atoms with Gasteiger partial charge in [-0.25, -0.2) is 4.98 Å². The highest BCUT2D eigenvalue weighted by atomic mass is 16.6. The average molecular weight is 369 g/mol. The molecule has 0 saturated carbocycles. The second-order valence-corrected chi connectivity index (χ2v) is 6.35. The van der Waals surface area contributed by atoms with Crippen molar-refractivity contribution in [1.82, 2.24) is 14.5 Å². The first-order chi connectivity index (χ1) is 13.5. The molecule has 0 spiro atoms. The van der Waals surface area contributed by atoms with Crippen molar-refractivity contribution < 1.29 is 4.92 Å². The molecule has 0 fully saturated rings. The van der Waals surface area contributed by atoms with Crippen molar-refractivity contribution in [2.24, 2.45) is 0 Å². The topological polar surface area (TPSA) is 101 Å². The fourth-order valence-corrected chi connectivity index (χ4v) is 3.03. The van der Waals surface area contributed by atoms with Gasteiger partial charge < -0.3 is 9.55 Å². The fourth-order valence-electron chi connectivity index (χ4n) is 3.03. The van der Waals surface area contributed by atoms with Crippen LogP contribution in [0.3, 0.4) is 0 Å². The Labute approximate surface area is 160 Å². The van der Waals surface area contributed by atoms with Crippen LogP contribution in [0.1, 0.15) is 17.1 Å². The number of nitrogens with zero attached hydrogens (tertiary/aromatic N) is 4. The van der Waals surface area contributed by atoms with Crippen LogP contribution in [0.2, 0.25) is 0 Å². The molecule has 4 rings (SSSR count). The van der Waals surface area contributed by atoms with Crippen molar-refractivity contribution >= 4 is 28.4 Å². The first-order valence-corrected chi connectivity index (χ1v) is 8.56. The largest absolute Gasteiger partial charge is 0.337 e. The number of imidazole rings is 1. The van der Waals surface area contributed by atoms with E-state index >= 15 is 0 Å². The van der Waals surface area contributed by atoms with Crippen molar-refractivity contribution in [2.45, 2.75) is 6.92 Å². The molecule has 0 amide bonds. The molecule has 2 heterocycles. The Balaban J connectivity index is 1.74. The number of aromatic amines is 1. The Morgan fingerprint density at radius 3 is 2.75 bits per heavy atom. The number of fused-ring (bicyclic) bond motifs is 1. The Hall–Kier alpha value is -4.18. The number of rotatable bonds is 4. The maximum Gasteiger partial charge on any atom is 0.269 e. The molecule has 4 aromatic rings. The monoisotopic (exact) mass is 369 g/mol. The maximum absolute atomic E-state index is 10.8. The Morgan fingerprint density at radius 2 is 2.04 bits per heavy atom. The Kier molecular flexibility index (Phi) is 4.22. The summed E-state index contributed by atoms with van der Waals surface area (Å²) in [5.41, 5.74) is 4.74. The van der Waals surface area contributed by atoms with Crippen LogP contribution in [-0.2, 0) is 0 Å². The highest BCUT2D eigenvalue weighted by Gasteiger charge is 2.11. The normalized spacial score (nSPS) is 11.5. The van der Waals surface area contributed by atoms with E-state index in [4.69, 9.17) is 0 Å². The zero-order valence-corrected chi connectivity index (χ0v) is 15.0. The zero-order chi connectivity index (χ0) is 19.7. The molecule has 2 aromatic carbocycles. The van der Waals surface area contributed by atoms with Crippen LogP contribution in [0, 0.1) is 28.4 Å². The number of nitro groups is 1. The summed E-state index contributed by atoms with van der Waals surface area (Å²) in [7, 11) is 0. The van der Waals surface area contributed by atoms with Gasteiger partial charge in [-0.1, -0.05) is 6.07 Å². The van der Waals surface area contributed by atoms with Crippen LogP contribution in [0.4, 0.5) is 5.69 Å². The van der Waals surface area contributed by atoms with E-state index < -0.39 is 4.92 Å². The van der Waals surface area contributed by atoms with Gasteiger partial charge in [0.1, 0.15) is 11.9 Å². The number of nitro benzene ring substituents is 1. The number of hydrogen-bond acceptors (Lipinski definition) is 4. The average Bonchev–Trinajstić information content (AvgIpc) is 3.32. The van der Waals surface area contributed by atoms with Crippen LogP contribution >= 0.6 is 0 Å². The lowest BCUT2D eigenvalue weighted by molar-refractivity contribution is -0.384. The summed E-state index contributed by atoms with van der Waals surface area (Å²) >= 11 is 0. The predicted molar refractivity (Wildman–Crippen MR) is 107 cm³/mol. The van der Waals surface area contributed by atoms with E-state index in [0.29, 0.717) is 11.4 Å².